The van der Waals surface area contributed by atoms with Crippen LogP contribution < -0.4 is 10.2 Å². The van der Waals surface area contributed by atoms with E-state index in [4.69, 9.17) is 0 Å². The molecule has 1 saturated heterocycles. The van der Waals surface area contributed by atoms with Gasteiger partial charge in [-0.1, -0.05) is 18.2 Å². The molecule has 2 unspecified atom stereocenters. The minimum Gasteiger partial charge on any atom is -0.313 e. The zero-order chi connectivity index (χ0) is 15.0. The summed E-state index contributed by atoms with van der Waals surface area (Å²) in [5.74, 6) is -0.287. The van der Waals surface area contributed by atoms with Gasteiger partial charge in [0.2, 0.25) is 5.91 Å². The molecule has 3 rings (SSSR count). The van der Waals surface area contributed by atoms with Crippen molar-refractivity contribution in [3.63, 3.8) is 0 Å². The summed E-state index contributed by atoms with van der Waals surface area (Å²) in [5, 5.41) is 3.27. The first-order valence-corrected chi connectivity index (χ1v) is 9.12. The van der Waals surface area contributed by atoms with Gasteiger partial charge in [-0.2, -0.15) is 0 Å². The van der Waals surface area contributed by atoms with Gasteiger partial charge in [0, 0.05) is 18.3 Å². The molecule has 1 N–H and O–H groups in total. The summed E-state index contributed by atoms with van der Waals surface area (Å²) in [5.41, 5.74) is 2.03. The van der Waals surface area contributed by atoms with Crippen LogP contribution in [0.4, 0.5) is 5.69 Å². The molecule has 2 heterocycles. The molecule has 6 heteroatoms. The van der Waals surface area contributed by atoms with Gasteiger partial charge in [0.05, 0.1) is 17.4 Å². The highest BCUT2D eigenvalue weighted by Gasteiger charge is 2.37. The highest BCUT2D eigenvalue weighted by Crippen LogP contribution is 2.35. The highest BCUT2D eigenvalue weighted by molar-refractivity contribution is 7.91. The second kappa shape index (κ2) is 5.42. The van der Waals surface area contributed by atoms with Crippen molar-refractivity contribution in [3.05, 3.63) is 29.8 Å². The van der Waals surface area contributed by atoms with E-state index in [2.05, 4.69) is 5.32 Å². The van der Waals surface area contributed by atoms with Crippen molar-refractivity contribution in [3.8, 4) is 0 Å². The number of carbonyl (C=O) groups is 1. The third-order valence-corrected chi connectivity index (χ3v) is 6.21. The molecule has 2 aliphatic rings. The molecule has 0 saturated carbocycles. The largest absolute Gasteiger partial charge is 0.313 e. The Morgan fingerprint density at radius 3 is 2.71 bits per heavy atom. The average Bonchev–Trinajstić information content (AvgIpc) is 2.85. The van der Waals surface area contributed by atoms with Gasteiger partial charge in [0.15, 0.2) is 9.84 Å². The fraction of sp³-hybridized carbons (Fsp3) is 0.533. The molecule has 1 amide bonds. The van der Waals surface area contributed by atoms with Crippen LogP contribution in [-0.2, 0) is 14.6 Å². The molecule has 2 aliphatic heterocycles. The van der Waals surface area contributed by atoms with E-state index < -0.39 is 9.84 Å². The number of benzene rings is 1. The van der Waals surface area contributed by atoms with E-state index in [1.807, 2.05) is 31.3 Å². The Kier molecular flexibility index (Phi) is 3.75. The summed E-state index contributed by atoms with van der Waals surface area (Å²) in [4.78, 5) is 14.5. The number of hydrogen-bond donors (Lipinski definition) is 1. The summed E-state index contributed by atoms with van der Waals surface area (Å²) >= 11 is 0. The van der Waals surface area contributed by atoms with E-state index in [1.54, 1.807) is 4.90 Å². The number of para-hydroxylation sites is 1. The van der Waals surface area contributed by atoms with Gasteiger partial charge >= 0.3 is 0 Å². The quantitative estimate of drug-likeness (QED) is 0.889. The van der Waals surface area contributed by atoms with Crippen LogP contribution in [0.3, 0.4) is 0 Å². The summed E-state index contributed by atoms with van der Waals surface area (Å²) in [6.07, 6.45) is 1.30. The van der Waals surface area contributed by atoms with Gasteiger partial charge in [0.25, 0.3) is 0 Å². The first-order chi connectivity index (χ1) is 10.0. The lowest BCUT2D eigenvalue weighted by Gasteiger charge is -2.35. The van der Waals surface area contributed by atoms with Gasteiger partial charge in [-0.15, -0.1) is 0 Å². The number of nitrogens with one attached hydrogen (secondary N) is 1. The van der Waals surface area contributed by atoms with Gasteiger partial charge < -0.3 is 10.2 Å². The molecular formula is C15H20N2O3S. The predicted molar refractivity (Wildman–Crippen MR) is 82.0 cm³/mol. The third-order valence-electron chi connectivity index (χ3n) is 4.44. The lowest BCUT2D eigenvalue weighted by atomic mass is 9.95. The van der Waals surface area contributed by atoms with Crippen LogP contribution in [-0.4, -0.2) is 39.4 Å². The minimum atomic E-state index is -3.03. The zero-order valence-corrected chi connectivity index (χ0v) is 12.9. The van der Waals surface area contributed by atoms with Crippen molar-refractivity contribution in [2.24, 2.45) is 5.92 Å². The molecule has 1 aromatic carbocycles. The van der Waals surface area contributed by atoms with Crippen LogP contribution in [0.5, 0.6) is 0 Å². The van der Waals surface area contributed by atoms with Crippen LogP contribution in [0.15, 0.2) is 24.3 Å². The predicted octanol–water partition coefficient (Wildman–Crippen LogP) is 1.12. The SMILES string of the molecule is CNC1CCN(C(=O)C2CCS(=O)(=O)C2)c2ccccc21. The van der Waals surface area contributed by atoms with Crippen molar-refractivity contribution in [1.82, 2.24) is 5.32 Å². The molecule has 114 valence electrons. The van der Waals surface area contributed by atoms with Crippen molar-refractivity contribution >= 4 is 21.4 Å². The number of fused-ring (bicyclic) bond motifs is 1. The summed E-state index contributed by atoms with van der Waals surface area (Å²) in [6.45, 7) is 0.637. The standard InChI is InChI=1S/C15H20N2O3S/c1-16-13-6-8-17(14-5-3-2-4-12(13)14)15(18)11-7-9-21(19,20)10-11/h2-5,11,13,16H,6-10H2,1H3. The number of sulfone groups is 1. The van der Waals surface area contributed by atoms with E-state index in [-0.39, 0.29) is 29.4 Å². The molecule has 0 radical (unpaired) electrons. The number of rotatable bonds is 2. The Morgan fingerprint density at radius 1 is 1.29 bits per heavy atom. The van der Waals surface area contributed by atoms with Gasteiger partial charge in [0.1, 0.15) is 0 Å². The number of hydrogen-bond acceptors (Lipinski definition) is 4. The molecule has 0 bridgehead atoms. The molecular weight excluding hydrogens is 288 g/mol. The normalized spacial score (nSPS) is 27.4. The summed E-state index contributed by atoms with van der Waals surface area (Å²) in [7, 11) is -1.11. The Hall–Kier alpha value is -1.40. The Morgan fingerprint density at radius 2 is 2.05 bits per heavy atom. The molecule has 0 aliphatic carbocycles. The van der Waals surface area contributed by atoms with Gasteiger partial charge in [-0.25, -0.2) is 8.42 Å². The molecule has 0 spiro atoms. The maximum Gasteiger partial charge on any atom is 0.231 e. The summed E-state index contributed by atoms with van der Waals surface area (Å²) in [6, 6.07) is 8.11. The zero-order valence-electron chi connectivity index (χ0n) is 12.1. The number of nitrogens with zero attached hydrogens (tertiary/aromatic N) is 1. The highest BCUT2D eigenvalue weighted by atomic mass is 32.2. The fourth-order valence-corrected chi connectivity index (χ4v) is 5.03. The van der Waals surface area contributed by atoms with Crippen molar-refractivity contribution in [2.45, 2.75) is 18.9 Å². The lowest BCUT2D eigenvalue weighted by molar-refractivity contribution is -0.121. The first kappa shape index (κ1) is 14.5. The average molecular weight is 308 g/mol. The fourth-order valence-electron chi connectivity index (χ4n) is 3.30. The number of amides is 1. The molecule has 1 aromatic rings. The van der Waals surface area contributed by atoms with Crippen LogP contribution >= 0.6 is 0 Å². The van der Waals surface area contributed by atoms with E-state index in [0.717, 1.165) is 17.7 Å². The molecule has 5 nitrogen and oxygen atoms in total. The second-order valence-electron chi connectivity index (χ2n) is 5.78. The Labute approximate surface area is 125 Å². The van der Waals surface area contributed by atoms with E-state index in [1.165, 1.54) is 0 Å². The number of carbonyl (C=O) groups excluding carboxylic acids is 1. The third kappa shape index (κ3) is 2.70. The summed E-state index contributed by atoms with van der Waals surface area (Å²) < 4.78 is 23.2. The Balaban J connectivity index is 1.88. The monoisotopic (exact) mass is 308 g/mol. The first-order valence-electron chi connectivity index (χ1n) is 7.30. The maximum absolute atomic E-state index is 12.7. The molecule has 1 fully saturated rings. The van der Waals surface area contributed by atoms with Gasteiger partial charge in [-0.3, -0.25) is 4.79 Å². The lowest BCUT2D eigenvalue weighted by Crippen LogP contribution is -2.42. The number of anilines is 1. The van der Waals surface area contributed by atoms with Crippen molar-refractivity contribution < 1.29 is 13.2 Å². The van der Waals surface area contributed by atoms with E-state index in [9.17, 15) is 13.2 Å². The minimum absolute atomic E-state index is 0.0000431. The van der Waals surface area contributed by atoms with E-state index >= 15 is 0 Å². The van der Waals surface area contributed by atoms with Gasteiger partial charge in [-0.05, 0) is 31.5 Å². The van der Waals surface area contributed by atoms with Crippen LogP contribution in [0.2, 0.25) is 0 Å². The second-order valence-corrected chi connectivity index (χ2v) is 8.01. The smallest absolute Gasteiger partial charge is 0.231 e. The van der Waals surface area contributed by atoms with E-state index in [0.29, 0.717) is 13.0 Å². The van der Waals surface area contributed by atoms with Crippen LogP contribution in [0.1, 0.15) is 24.4 Å². The van der Waals surface area contributed by atoms with Crippen molar-refractivity contribution in [1.29, 1.82) is 0 Å². The topological polar surface area (TPSA) is 66.5 Å². The van der Waals surface area contributed by atoms with Crippen molar-refractivity contribution in [2.75, 3.05) is 30.0 Å². The molecule has 0 aromatic heterocycles. The van der Waals surface area contributed by atoms with Crippen LogP contribution in [0.25, 0.3) is 0 Å². The van der Waals surface area contributed by atoms with Crippen LogP contribution in [0, 0.1) is 5.92 Å². The molecule has 2 atom stereocenters. The Bertz CT molecular complexity index is 657. The molecule has 21 heavy (non-hydrogen) atoms. The maximum atomic E-state index is 12.7.